The third-order valence-corrected chi connectivity index (χ3v) is 18.1. The number of carbonyl (C=O) groups is 4. The van der Waals surface area contributed by atoms with Crippen LogP contribution in [0.4, 0.5) is 0 Å². The molecule has 2 aromatic rings. The Morgan fingerprint density at radius 1 is 0.831 bits per heavy atom. The van der Waals surface area contributed by atoms with Gasteiger partial charge in [0.05, 0.1) is 16.9 Å². The maximum Gasteiger partial charge on any atom is 0.314 e. The summed E-state index contributed by atoms with van der Waals surface area (Å²) < 4.78 is 12.6. The molecule has 7 heteroatoms. The summed E-state index contributed by atoms with van der Waals surface area (Å²) in [4.78, 5) is 59.8. The van der Waals surface area contributed by atoms with Crippen LogP contribution in [0.15, 0.2) is 85.0 Å². The Morgan fingerprint density at radius 2 is 1.47 bits per heavy atom. The predicted octanol–water partition coefficient (Wildman–Crippen LogP) is 10.4. The number of fused-ring (bicyclic) bond motifs is 7. The molecule has 1 aliphatic heterocycles. The van der Waals surface area contributed by atoms with Crippen LogP contribution in [-0.4, -0.2) is 53.6 Å². The van der Waals surface area contributed by atoms with Gasteiger partial charge in [-0.05, 0) is 149 Å². The molecule has 0 aromatic heterocycles. The summed E-state index contributed by atoms with van der Waals surface area (Å²) in [6.45, 7) is 20.1. The van der Waals surface area contributed by atoms with Crippen molar-refractivity contribution in [2.24, 2.45) is 50.2 Å². The topological polar surface area (TPSA) is 90.0 Å². The number of rotatable bonds is 9. The summed E-state index contributed by atoms with van der Waals surface area (Å²) in [5.41, 5.74) is 0.456. The summed E-state index contributed by atoms with van der Waals surface area (Å²) in [6.07, 6.45) is 12.4. The molecule has 0 bridgehead atoms. The maximum atomic E-state index is 15.3. The van der Waals surface area contributed by atoms with E-state index in [2.05, 4.69) is 53.0 Å². The second kappa shape index (κ2) is 15.0. The molecule has 5 aliphatic carbocycles. The third kappa shape index (κ3) is 6.36. The van der Waals surface area contributed by atoms with Gasteiger partial charge in [0.15, 0.2) is 11.9 Å². The van der Waals surface area contributed by atoms with Crippen molar-refractivity contribution in [1.82, 2.24) is 4.90 Å². The van der Waals surface area contributed by atoms with Crippen LogP contribution in [0.2, 0.25) is 0 Å². The first-order valence-electron chi connectivity index (χ1n) is 22.6. The molecule has 1 unspecified atom stereocenters. The van der Waals surface area contributed by atoms with Crippen LogP contribution in [0.3, 0.4) is 0 Å². The van der Waals surface area contributed by atoms with Crippen LogP contribution < -0.4 is 0 Å². The Balaban J connectivity index is 1.13. The van der Waals surface area contributed by atoms with Gasteiger partial charge in [0, 0.05) is 12.0 Å². The van der Waals surface area contributed by atoms with E-state index >= 15 is 4.79 Å². The minimum absolute atomic E-state index is 0.0253. The zero-order valence-electron chi connectivity index (χ0n) is 36.7. The number of benzene rings is 2. The molecule has 0 amide bonds. The van der Waals surface area contributed by atoms with Crippen molar-refractivity contribution in [3.05, 3.63) is 96.1 Å². The number of hydrogen-bond donors (Lipinski definition) is 0. The SMILES string of the molecule is C=CCOC(=O)[C@]1(C)[C@@H](N2CCCC2C(C)=O)CC[C@@]2(C)[C@H]1CC[C@]1(C)[C@@H]2C(=O)C=C2[C@@H]3C[C@@](C)(C(=O)OC(c4ccccc4)c4ccccc4)CC[C@]3(C)CC[C@]21C. The van der Waals surface area contributed by atoms with Gasteiger partial charge < -0.3 is 9.47 Å². The van der Waals surface area contributed by atoms with E-state index < -0.39 is 22.3 Å². The molecule has 2 aromatic carbocycles. The number of ketones is 2. The second-order valence-corrected chi connectivity index (χ2v) is 21.1. The molecule has 5 fully saturated rings. The van der Waals surface area contributed by atoms with Crippen molar-refractivity contribution in [3.63, 3.8) is 0 Å². The summed E-state index contributed by atoms with van der Waals surface area (Å²) in [7, 11) is 0. The fourth-order valence-electron chi connectivity index (χ4n) is 14.6. The first-order valence-corrected chi connectivity index (χ1v) is 22.6. The minimum atomic E-state index is -0.894. The van der Waals surface area contributed by atoms with Crippen LogP contribution >= 0.6 is 0 Å². The smallest absolute Gasteiger partial charge is 0.314 e. The lowest BCUT2D eigenvalue weighted by molar-refractivity contribution is -0.211. The van der Waals surface area contributed by atoms with E-state index in [0.717, 1.165) is 81.9 Å². The van der Waals surface area contributed by atoms with Gasteiger partial charge >= 0.3 is 11.9 Å². The minimum Gasteiger partial charge on any atom is -0.461 e. The van der Waals surface area contributed by atoms with E-state index in [-0.39, 0.29) is 76.2 Å². The fourth-order valence-corrected chi connectivity index (χ4v) is 14.6. The molecule has 0 N–H and O–H groups in total. The number of esters is 2. The largest absolute Gasteiger partial charge is 0.461 e. The van der Waals surface area contributed by atoms with Crippen molar-refractivity contribution >= 4 is 23.5 Å². The zero-order chi connectivity index (χ0) is 42.2. The number of carbonyl (C=O) groups excluding carboxylic acids is 4. The summed E-state index contributed by atoms with van der Waals surface area (Å²) in [5, 5.41) is 0. The van der Waals surface area contributed by atoms with Crippen LogP contribution in [0.5, 0.6) is 0 Å². The third-order valence-electron chi connectivity index (χ3n) is 18.1. The van der Waals surface area contributed by atoms with Gasteiger partial charge in [-0.2, -0.15) is 0 Å². The van der Waals surface area contributed by atoms with Crippen LogP contribution in [-0.2, 0) is 28.7 Å². The van der Waals surface area contributed by atoms with Gasteiger partial charge in [-0.15, -0.1) is 0 Å². The van der Waals surface area contributed by atoms with Gasteiger partial charge in [-0.25, -0.2) is 0 Å². The van der Waals surface area contributed by atoms with Crippen molar-refractivity contribution in [3.8, 4) is 0 Å². The van der Waals surface area contributed by atoms with Crippen LogP contribution in [0.25, 0.3) is 0 Å². The molecule has 1 heterocycles. The Hall–Kier alpha value is -3.84. The van der Waals surface area contributed by atoms with Crippen molar-refractivity contribution in [1.29, 1.82) is 0 Å². The lowest BCUT2D eigenvalue weighted by Crippen LogP contribution is -2.70. The molecule has 59 heavy (non-hydrogen) atoms. The summed E-state index contributed by atoms with van der Waals surface area (Å²) >= 11 is 0. The first kappa shape index (κ1) is 41.9. The number of hydrogen-bond acceptors (Lipinski definition) is 7. The molecular weight excluding hydrogens is 735 g/mol. The van der Waals surface area contributed by atoms with E-state index in [4.69, 9.17) is 9.47 Å². The van der Waals surface area contributed by atoms with Crippen LogP contribution in [0, 0.1) is 50.2 Å². The fraction of sp³-hybridized carbons (Fsp3) is 0.615. The quantitative estimate of drug-likeness (QED) is 0.184. The number of allylic oxidation sites excluding steroid dienone is 2. The monoisotopic (exact) mass is 801 g/mol. The van der Waals surface area contributed by atoms with Gasteiger partial charge in [0.2, 0.25) is 0 Å². The van der Waals surface area contributed by atoms with E-state index in [1.807, 2.05) is 66.7 Å². The number of Topliss-reactive ketones (excluding diaryl/α,β-unsaturated/α-hetero) is 1. The number of likely N-dealkylation sites (tertiary alicyclic amines) is 1. The maximum absolute atomic E-state index is 15.3. The molecule has 11 atom stereocenters. The van der Waals surface area contributed by atoms with E-state index in [1.165, 1.54) is 5.57 Å². The lowest BCUT2D eigenvalue weighted by Gasteiger charge is -2.70. The van der Waals surface area contributed by atoms with Gasteiger partial charge in [0.1, 0.15) is 12.4 Å². The number of nitrogens with zero attached hydrogens (tertiary/aromatic N) is 1. The lowest BCUT2D eigenvalue weighted by atomic mass is 9.33. The standard InChI is InChI=1S/C52H67NO6/c1-9-31-58-46(57)52(8)41-22-25-51(7)44(49(41,5)24-23-42(52)53-30-16-21-39(53)34(2)54)40(55)32-37-38-33-48(4,27-26-47(38,3)28-29-50(37,51)6)45(56)59-43(35-17-12-10-13-18-35)36-19-14-11-15-20-36/h9-15,17-20,32,38-39,41-44H,1,16,21-31,33H2,2-8H3/t38-,39?,41+,42-,44+,47+,48-,49-,50+,51+,52-/m0/s1. The van der Waals surface area contributed by atoms with Crippen LogP contribution in [0.1, 0.15) is 136 Å². The highest BCUT2D eigenvalue weighted by atomic mass is 16.5. The average molecular weight is 802 g/mol. The van der Waals surface area contributed by atoms with Gasteiger partial charge in [-0.3, -0.25) is 24.1 Å². The molecule has 4 saturated carbocycles. The van der Waals surface area contributed by atoms with E-state index in [1.54, 1.807) is 13.0 Å². The second-order valence-electron chi connectivity index (χ2n) is 21.1. The highest BCUT2D eigenvalue weighted by molar-refractivity contribution is 5.96. The first-order chi connectivity index (χ1) is 28.0. The predicted molar refractivity (Wildman–Crippen MR) is 230 cm³/mol. The molecule has 6 aliphatic rings. The van der Waals surface area contributed by atoms with Gasteiger partial charge in [-0.1, -0.05) is 107 Å². The molecule has 8 rings (SSSR count). The Kier molecular flexibility index (Phi) is 10.6. The Morgan fingerprint density at radius 3 is 2.10 bits per heavy atom. The van der Waals surface area contributed by atoms with E-state index in [9.17, 15) is 14.4 Å². The summed E-state index contributed by atoms with van der Waals surface area (Å²) in [5.74, 6) is -0.352. The molecule has 316 valence electrons. The van der Waals surface area contributed by atoms with Gasteiger partial charge in [0.25, 0.3) is 0 Å². The molecular formula is C52H67NO6. The average Bonchev–Trinajstić information content (AvgIpc) is 3.71. The van der Waals surface area contributed by atoms with Crippen molar-refractivity contribution < 1.29 is 28.7 Å². The zero-order valence-corrected chi connectivity index (χ0v) is 36.7. The summed E-state index contributed by atoms with van der Waals surface area (Å²) in [6, 6.07) is 19.7. The Labute approximate surface area is 352 Å². The molecule has 1 saturated heterocycles. The number of ether oxygens (including phenoxy) is 2. The normalized spacial score (nSPS) is 40.4. The highest BCUT2D eigenvalue weighted by Gasteiger charge is 2.72. The molecule has 7 nitrogen and oxygen atoms in total. The molecule has 0 radical (unpaired) electrons. The molecule has 0 spiro atoms. The Bertz CT molecular complexity index is 1990. The van der Waals surface area contributed by atoms with Crippen molar-refractivity contribution in [2.75, 3.05) is 13.2 Å². The van der Waals surface area contributed by atoms with Crippen molar-refractivity contribution in [2.45, 2.75) is 137 Å². The van der Waals surface area contributed by atoms with E-state index in [0.29, 0.717) is 6.42 Å². The highest BCUT2D eigenvalue weighted by Crippen LogP contribution is 2.75.